The van der Waals surface area contributed by atoms with E-state index in [-0.39, 0.29) is 24.2 Å². The van der Waals surface area contributed by atoms with Crippen molar-refractivity contribution >= 4 is 24.7 Å². The second kappa shape index (κ2) is 4.92. The highest BCUT2D eigenvalue weighted by atomic mass is 35.5. The molecule has 0 aromatic heterocycles. The van der Waals surface area contributed by atoms with Crippen molar-refractivity contribution in [1.82, 2.24) is 10.7 Å². The quantitative estimate of drug-likeness (QED) is 0.264. The van der Waals surface area contributed by atoms with Gasteiger partial charge >= 0.3 is 0 Å². The molecule has 1 rings (SSSR count). The van der Waals surface area contributed by atoms with Crippen molar-refractivity contribution in [3.05, 3.63) is 0 Å². The lowest BCUT2D eigenvalue weighted by Gasteiger charge is -2.15. The topological polar surface area (TPSA) is 79.5 Å². The highest BCUT2D eigenvalue weighted by Crippen LogP contribution is 1.97. The summed E-state index contributed by atoms with van der Waals surface area (Å²) in [4.78, 5) is 14.7. The van der Waals surface area contributed by atoms with Gasteiger partial charge in [-0.2, -0.15) is 0 Å². The van der Waals surface area contributed by atoms with E-state index >= 15 is 0 Å². The maximum absolute atomic E-state index is 10.8. The normalized spacial score (nSPS) is 21.4. The standard InChI is InChI=1S/C5H10N4O.ClH/c6-9-5(10)4-1-7-3-8-2-4;/h3-4H,1-2,6H2,(H,7,8)(H,9,10);1H. The van der Waals surface area contributed by atoms with Gasteiger partial charge in [0, 0.05) is 6.54 Å². The van der Waals surface area contributed by atoms with Crippen molar-refractivity contribution in [3.63, 3.8) is 0 Å². The van der Waals surface area contributed by atoms with Gasteiger partial charge in [-0.1, -0.05) is 0 Å². The number of nitrogens with zero attached hydrogens (tertiary/aromatic N) is 1. The fourth-order valence-corrected chi connectivity index (χ4v) is 0.797. The molecule has 0 bridgehead atoms. The number of nitrogens with one attached hydrogen (secondary N) is 2. The second-order valence-corrected chi connectivity index (χ2v) is 2.11. The minimum atomic E-state index is -0.163. The van der Waals surface area contributed by atoms with Crippen LogP contribution >= 0.6 is 12.4 Å². The van der Waals surface area contributed by atoms with Gasteiger partial charge in [0.15, 0.2) is 0 Å². The fourth-order valence-electron chi connectivity index (χ4n) is 0.797. The van der Waals surface area contributed by atoms with Gasteiger partial charge in [-0.3, -0.25) is 15.2 Å². The third-order valence-electron chi connectivity index (χ3n) is 1.39. The Labute approximate surface area is 70.8 Å². The summed E-state index contributed by atoms with van der Waals surface area (Å²) in [6, 6.07) is 0. The van der Waals surface area contributed by atoms with Gasteiger partial charge in [-0.15, -0.1) is 12.4 Å². The van der Waals surface area contributed by atoms with Gasteiger partial charge in [-0.25, -0.2) is 5.84 Å². The first-order valence-corrected chi connectivity index (χ1v) is 3.06. The van der Waals surface area contributed by atoms with Crippen molar-refractivity contribution in [3.8, 4) is 0 Å². The van der Waals surface area contributed by atoms with Crippen molar-refractivity contribution < 1.29 is 4.79 Å². The molecule has 64 valence electrons. The van der Waals surface area contributed by atoms with Crippen LogP contribution in [0.15, 0.2) is 4.99 Å². The molecule has 0 fully saturated rings. The van der Waals surface area contributed by atoms with Crippen LogP contribution in [0.4, 0.5) is 0 Å². The number of rotatable bonds is 1. The summed E-state index contributed by atoms with van der Waals surface area (Å²) in [5.41, 5.74) is 2.08. The summed E-state index contributed by atoms with van der Waals surface area (Å²) in [6.45, 7) is 1.14. The molecule has 1 aliphatic heterocycles. The molecule has 0 aromatic rings. The first kappa shape index (κ1) is 10.2. The molecule has 1 amide bonds. The predicted molar refractivity (Wildman–Crippen MR) is 44.4 cm³/mol. The van der Waals surface area contributed by atoms with E-state index in [1.807, 2.05) is 0 Å². The van der Waals surface area contributed by atoms with Gasteiger partial charge in [0.25, 0.3) is 0 Å². The average Bonchev–Trinajstić information content (AvgIpc) is 2.05. The third kappa shape index (κ3) is 2.73. The Morgan fingerprint density at radius 3 is 3.00 bits per heavy atom. The monoisotopic (exact) mass is 178 g/mol. The number of carbonyl (C=O) groups is 1. The van der Waals surface area contributed by atoms with Crippen LogP contribution < -0.4 is 16.6 Å². The van der Waals surface area contributed by atoms with Crippen LogP contribution in [0.5, 0.6) is 0 Å². The smallest absolute Gasteiger partial charge is 0.240 e. The van der Waals surface area contributed by atoms with Crippen molar-refractivity contribution in [1.29, 1.82) is 0 Å². The summed E-state index contributed by atoms with van der Waals surface area (Å²) >= 11 is 0. The Morgan fingerprint density at radius 1 is 1.82 bits per heavy atom. The van der Waals surface area contributed by atoms with Gasteiger partial charge in [0.1, 0.15) is 0 Å². The zero-order chi connectivity index (χ0) is 7.40. The molecule has 0 aliphatic carbocycles. The summed E-state index contributed by atoms with van der Waals surface area (Å²) in [6.07, 6.45) is 1.60. The number of hydrazine groups is 1. The first-order chi connectivity index (χ1) is 4.84. The number of amides is 1. The van der Waals surface area contributed by atoms with E-state index in [1.54, 1.807) is 6.34 Å². The Balaban J connectivity index is 0.000001000. The van der Waals surface area contributed by atoms with Crippen LogP contribution in [-0.2, 0) is 4.79 Å². The van der Waals surface area contributed by atoms with Crippen LogP contribution in [0.3, 0.4) is 0 Å². The molecule has 5 nitrogen and oxygen atoms in total. The molecular weight excluding hydrogens is 168 g/mol. The van der Waals surface area contributed by atoms with Crippen LogP contribution in [0.2, 0.25) is 0 Å². The first-order valence-electron chi connectivity index (χ1n) is 3.06. The fraction of sp³-hybridized carbons (Fsp3) is 0.600. The molecular formula is C5H11ClN4O. The van der Waals surface area contributed by atoms with Gasteiger partial charge in [0.2, 0.25) is 5.91 Å². The number of hydrogen-bond acceptors (Lipinski definition) is 4. The molecule has 0 radical (unpaired) electrons. The summed E-state index contributed by atoms with van der Waals surface area (Å²) in [7, 11) is 0. The van der Waals surface area contributed by atoms with Crippen molar-refractivity contribution in [2.24, 2.45) is 16.8 Å². The maximum Gasteiger partial charge on any atom is 0.240 e. The summed E-state index contributed by atoms with van der Waals surface area (Å²) in [5, 5.41) is 2.84. The van der Waals surface area contributed by atoms with Gasteiger partial charge in [0.05, 0.1) is 18.8 Å². The minimum Gasteiger partial charge on any atom is -0.376 e. The Kier molecular flexibility index (Phi) is 4.56. The average molecular weight is 179 g/mol. The predicted octanol–water partition coefficient (Wildman–Crippen LogP) is -1.35. The summed E-state index contributed by atoms with van der Waals surface area (Å²) in [5.74, 6) is 4.65. The van der Waals surface area contributed by atoms with Crippen LogP contribution in [0, 0.1) is 5.92 Å². The molecule has 0 aromatic carbocycles. The van der Waals surface area contributed by atoms with E-state index in [1.165, 1.54) is 0 Å². The highest BCUT2D eigenvalue weighted by Gasteiger charge is 2.17. The maximum atomic E-state index is 10.8. The highest BCUT2D eigenvalue weighted by molar-refractivity contribution is 5.85. The lowest BCUT2D eigenvalue weighted by Crippen LogP contribution is -2.43. The third-order valence-corrected chi connectivity index (χ3v) is 1.39. The lowest BCUT2D eigenvalue weighted by atomic mass is 10.1. The summed E-state index contributed by atoms with van der Waals surface area (Å²) < 4.78 is 0. The molecule has 0 saturated carbocycles. The molecule has 1 heterocycles. The van der Waals surface area contributed by atoms with Crippen molar-refractivity contribution in [2.45, 2.75) is 0 Å². The van der Waals surface area contributed by atoms with Crippen LogP contribution in [-0.4, -0.2) is 25.3 Å². The van der Waals surface area contributed by atoms with Crippen LogP contribution in [0.1, 0.15) is 0 Å². The molecule has 6 heteroatoms. The molecule has 4 N–H and O–H groups in total. The van der Waals surface area contributed by atoms with Crippen LogP contribution in [0.25, 0.3) is 0 Å². The number of halogens is 1. The molecule has 1 unspecified atom stereocenters. The largest absolute Gasteiger partial charge is 0.376 e. The second-order valence-electron chi connectivity index (χ2n) is 2.11. The van der Waals surface area contributed by atoms with E-state index in [2.05, 4.69) is 15.7 Å². The van der Waals surface area contributed by atoms with E-state index in [0.29, 0.717) is 13.1 Å². The minimum absolute atomic E-state index is 0. The number of hydrogen-bond donors (Lipinski definition) is 3. The lowest BCUT2D eigenvalue weighted by molar-refractivity contribution is -0.124. The zero-order valence-corrected chi connectivity index (χ0v) is 6.73. The van der Waals surface area contributed by atoms with E-state index in [9.17, 15) is 4.79 Å². The van der Waals surface area contributed by atoms with E-state index in [0.717, 1.165) is 0 Å². The van der Waals surface area contributed by atoms with E-state index in [4.69, 9.17) is 5.84 Å². The SMILES string of the molecule is Cl.NNC(=O)C1CN=CNC1. The Morgan fingerprint density at radius 2 is 2.55 bits per heavy atom. The van der Waals surface area contributed by atoms with E-state index < -0.39 is 0 Å². The van der Waals surface area contributed by atoms with Gasteiger partial charge in [-0.05, 0) is 0 Å². The zero-order valence-electron chi connectivity index (χ0n) is 5.91. The molecule has 1 aliphatic rings. The molecule has 0 saturated heterocycles. The number of aliphatic imine (C=N–C) groups is 1. The molecule has 1 atom stereocenters. The molecule has 0 spiro atoms. The Bertz CT molecular complexity index is 161. The molecule has 11 heavy (non-hydrogen) atoms. The number of nitrogens with two attached hydrogens (primary N) is 1. The van der Waals surface area contributed by atoms with Gasteiger partial charge < -0.3 is 5.32 Å². The Hall–Kier alpha value is -0.810. The van der Waals surface area contributed by atoms with Crippen molar-refractivity contribution in [2.75, 3.05) is 13.1 Å². The number of carbonyl (C=O) groups excluding carboxylic acids is 1.